The van der Waals surface area contributed by atoms with Crippen molar-refractivity contribution in [2.45, 2.75) is 52.1 Å². The summed E-state index contributed by atoms with van der Waals surface area (Å²) in [6, 6.07) is 1.96. The van der Waals surface area contributed by atoms with E-state index in [1.165, 1.54) is 0 Å². The summed E-state index contributed by atoms with van der Waals surface area (Å²) in [7, 11) is 18.8. The molecule has 0 saturated carbocycles. The van der Waals surface area contributed by atoms with Gasteiger partial charge in [0.25, 0.3) is 0 Å². The monoisotopic (exact) mass is 555 g/mol. The van der Waals surface area contributed by atoms with Gasteiger partial charge >= 0.3 is 61.9 Å². The Hall–Kier alpha value is 0.986. The molecule has 1 nitrogen and oxygen atoms in total. The first-order valence-corrected chi connectivity index (χ1v) is 21.5. The molecule has 1 aromatic carbocycles. The van der Waals surface area contributed by atoms with Crippen molar-refractivity contribution in [3.05, 3.63) is 29.3 Å². The van der Waals surface area contributed by atoms with Gasteiger partial charge in [-0.2, -0.15) is 31.0 Å². The molecule has 1 unspecified atom stereocenters. The molecule has 27 heavy (non-hydrogen) atoms. The van der Waals surface area contributed by atoms with Gasteiger partial charge in [0.15, 0.2) is 0 Å². The van der Waals surface area contributed by atoms with Crippen LogP contribution in [0.2, 0.25) is 0 Å². The molecule has 158 valence electrons. The molecular weight excluding hydrogens is 539 g/mol. The first-order chi connectivity index (χ1) is 11.9. The zero-order valence-electron chi connectivity index (χ0n) is 14.8. The van der Waals surface area contributed by atoms with Crippen LogP contribution >= 0.6 is 47.3 Å². The SMILES string of the molecule is CC(C)N([PH2+]c1c(C(F)(F)F)cccc1C(F)(F)F)C(C)C.[Cl][Ga-]([Cl])([Cl])[Cl]. The molecule has 0 aliphatic heterocycles. The Morgan fingerprint density at radius 2 is 1.11 bits per heavy atom. The van der Waals surface area contributed by atoms with Gasteiger partial charge < -0.3 is 0 Å². The summed E-state index contributed by atoms with van der Waals surface area (Å²) in [6.45, 7) is 7.04. The summed E-state index contributed by atoms with van der Waals surface area (Å²) < 4.78 is 80.3. The first kappa shape index (κ1) is 28.0. The third-order valence-electron chi connectivity index (χ3n) is 3.19. The Kier molecular flexibility index (Phi) is 11.2. The van der Waals surface area contributed by atoms with Crippen LogP contribution in [0.3, 0.4) is 0 Å². The molecule has 0 spiro atoms. The van der Waals surface area contributed by atoms with Crippen molar-refractivity contribution in [2.24, 2.45) is 0 Å². The predicted octanol–water partition coefficient (Wildman–Crippen LogP) is 7.17. The van der Waals surface area contributed by atoms with Crippen LogP contribution in [0.15, 0.2) is 18.2 Å². The number of hydrogen-bond donors (Lipinski definition) is 0. The summed E-state index contributed by atoms with van der Waals surface area (Å²) in [4.78, 5) is 0. The molecule has 0 bridgehead atoms. The molecule has 0 amide bonds. The van der Waals surface area contributed by atoms with Crippen LogP contribution in [0.5, 0.6) is 0 Å². The van der Waals surface area contributed by atoms with Crippen molar-refractivity contribution in [1.29, 1.82) is 0 Å². The molecule has 0 aliphatic carbocycles. The Balaban J connectivity index is 0.00000119. The fraction of sp³-hybridized carbons (Fsp3) is 0.571. The van der Waals surface area contributed by atoms with Gasteiger partial charge in [-0.15, -0.1) is 0 Å². The summed E-state index contributed by atoms with van der Waals surface area (Å²) in [5.74, 6) is 0. The Bertz CT molecular complexity index is 558. The van der Waals surface area contributed by atoms with Crippen molar-refractivity contribution in [1.82, 2.24) is 4.67 Å². The van der Waals surface area contributed by atoms with Crippen molar-refractivity contribution < 1.29 is 26.3 Å². The van der Waals surface area contributed by atoms with Gasteiger partial charge in [0.05, 0.1) is 19.9 Å². The van der Waals surface area contributed by atoms with Gasteiger partial charge in [-0.3, -0.25) is 0 Å². The minimum atomic E-state index is -4.80. The number of rotatable bonds is 4. The van der Waals surface area contributed by atoms with Crippen molar-refractivity contribution in [3.8, 4) is 0 Å². The second kappa shape index (κ2) is 10.8. The van der Waals surface area contributed by atoms with Crippen molar-refractivity contribution in [3.63, 3.8) is 0 Å². The molecule has 1 rings (SSSR count). The second-order valence-electron chi connectivity index (χ2n) is 6.02. The van der Waals surface area contributed by atoms with Crippen molar-refractivity contribution >= 4 is 63.6 Å². The molecule has 0 N–H and O–H groups in total. The summed E-state index contributed by atoms with van der Waals surface area (Å²) in [5.41, 5.74) is -2.38. The topological polar surface area (TPSA) is 3.24 Å². The molecule has 1 atom stereocenters. The number of benzene rings is 1. The van der Waals surface area contributed by atoms with E-state index in [4.69, 9.17) is 38.6 Å². The van der Waals surface area contributed by atoms with Gasteiger partial charge in [-0.1, -0.05) is 6.07 Å². The van der Waals surface area contributed by atoms with Gasteiger partial charge in [0, 0.05) is 12.1 Å². The van der Waals surface area contributed by atoms with Crippen LogP contribution in [0.25, 0.3) is 0 Å². The summed E-state index contributed by atoms with van der Waals surface area (Å²) in [5, 5.41) is -0.634. The van der Waals surface area contributed by atoms with E-state index in [0.717, 1.165) is 18.2 Å². The third kappa shape index (κ3) is 11.1. The fourth-order valence-electron chi connectivity index (χ4n) is 2.24. The van der Waals surface area contributed by atoms with E-state index in [1.54, 1.807) is 32.4 Å². The number of hydrogen-bond acceptors (Lipinski definition) is 1. The predicted molar refractivity (Wildman–Crippen MR) is 107 cm³/mol. The van der Waals surface area contributed by atoms with Crippen LogP contribution in [-0.2, 0) is 12.4 Å². The molecule has 0 aromatic heterocycles. The Morgan fingerprint density at radius 1 is 0.815 bits per heavy atom. The maximum absolute atomic E-state index is 13.1. The van der Waals surface area contributed by atoms with E-state index < -0.39 is 48.5 Å². The second-order valence-corrected chi connectivity index (χ2v) is 30.1. The third-order valence-corrected chi connectivity index (χ3v) is 5.56. The van der Waals surface area contributed by atoms with E-state index in [9.17, 15) is 26.3 Å². The van der Waals surface area contributed by atoms with Crippen LogP contribution in [-0.4, -0.2) is 27.8 Å². The van der Waals surface area contributed by atoms with Gasteiger partial charge in [-0.05, 0) is 39.8 Å². The molecule has 0 aliphatic rings. The maximum atomic E-state index is 13.1. The quantitative estimate of drug-likeness (QED) is 0.216. The van der Waals surface area contributed by atoms with E-state index in [0.29, 0.717) is 0 Å². The number of alkyl halides is 6. The molecule has 0 fully saturated rings. The van der Waals surface area contributed by atoms with Gasteiger partial charge in [-0.25, -0.2) is 0 Å². The van der Waals surface area contributed by atoms with E-state index in [2.05, 4.69) is 0 Å². The summed E-state index contributed by atoms with van der Waals surface area (Å²) >= 11 is -3.24. The molecule has 0 heterocycles. The van der Waals surface area contributed by atoms with Crippen LogP contribution < -0.4 is 5.30 Å². The van der Waals surface area contributed by atoms with E-state index in [1.807, 2.05) is 0 Å². The van der Waals surface area contributed by atoms with Gasteiger partial charge in [0.1, 0.15) is 5.30 Å². The molecule has 1 aromatic rings. The van der Waals surface area contributed by atoms with E-state index in [-0.39, 0.29) is 12.1 Å². The average molecular weight is 558 g/mol. The van der Waals surface area contributed by atoms with Crippen molar-refractivity contribution in [2.75, 3.05) is 0 Å². The average Bonchev–Trinajstić information content (AvgIpc) is 2.39. The zero-order chi connectivity index (χ0) is 21.8. The van der Waals surface area contributed by atoms with Crippen LogP contribution in [0.4, 0.5) is 26.3 Å². The molecule has 13 heteroatoms. The normalized spacial score (nSPS) is 13.7. The van der Waals surface area contributed by atoms with Crippen LogP contribution in [0.1, 0.15) is 38.8 Å². The Morgan fingerprint density at radius 3 is 1.33 bits per heavy atom. The van der Waals surface area contributed by atoms with Crippen LogP contribution in [0, 0.1) is 0 Å². The fourth-order valence-corrected chi connectivity index (χ4v) is 3.93. The molecule has 0 radical (unpaired) electrons. The Labute approximate surface area is 175 Å². The molecule has 0 saturated heterocycles. The standard InChI is InChI=1S/C14H18F6NP.4ClH.Ga/c1-8(2)21(9(3)4)22-12-10(13(15,16)17)6-5-7-11(12)14(18,19)20;;;;;/h5-9,22H,1-4H3;4*1H;/q;;;;;+3/p-3. The number of halogens is 10. The van der Waals surface area contributed by atoms with Gasteiger partial charge in [0.2, 0.25) is 0 Å². The summed E-state index contributed by atoms with van der Waals surface area (Å²) in [6.07, 6.45) is -9.60. The van der Waals surface area contributed by atoms with E-state index >= 15 is 0 Å². The minimum absolute atomic E-state index is 0.141. The zero-order valence-corrected chi connectivity index (χ0v) is 21.4. The first-order valence-electron chi connectivity index (χ1n) is 7.62. The molecular formula is C14H19Cl4F6GaNP. The number of nitrogens with zero attached hydrogens (tertiary/aromatic N) is 1.